The molecule has 1 heterocycles. The number of benzene rings is 1. The van der Waals surface area contributed by atoms with E-state index in [1.165, 1.54) is 5.56 Å². The van der Waals surface area contributed by atoms with Crippen molar-refractivity contribution in [3.63, 3.8) is 0 Å². The first-order valence-corrected chi connectivity index (χ1v) is 8.05. The van der Waals surface area contributed by atoms with E-state index < -0.39 is 7.12 Å². The smallest absolute Gasteiger partial charge is 0.423 e. The van der Waals surface area contributed by atoms with Crippen molar-refractivity contribution >= 4 is 12.6 Å². The predicted octanol–water partition coefficient (Wildman–Crippen LogP) is -2.05. The van der Waals surface area contributed by atoms with Crippen LogP contribution in [0.25, 0.3) is 0 Å². The molecule has 1 fully saturated rings. The molecule has 2 rings (SSSR count). The van der Waals surface area contributed by atoms with Crippen LogP contribution in [0.15, 0.2) is 24.3 Å². The number of hydrogen-bond acceptors (Lipinski definition) is 6. The number of rotatable bonds is 3. The van der Waals surface area contributed by atoms with Gasteiger partial charge in [-0.2, -0.15) is 0 Å². The Balaban J connectivity index is 1.86. The molecule has 0 unspecified atom stereocenters. The van der Waals surface area contributed by atoms with Gasteiger partial charge in [-0.05, 0) is 11.0 Å². The fourth-order valence-electron chi connectivity index (χ4n) is 2.53. The second-order valence-electron chi connectivity index (χ2n) is 5.64. The fraction of sp³-hybridized carbons (Fsp3) is 0.600. The van der Waals surface area contributed by atoms with Crippen LogP contribution in [-0.2, 0) is 6.54 Å². The maximum Gasteiger partial charge on any atom is 0.488 e. The monoisotopic (exact) mass is 306 g/mol. The van der Waals surface area contributed by atoms with Gasteiger partial charge >= 0.3 is 7.12 Å². The molecule has 0 spiro atoms. The third kappa shape index (κ3) is 6.43. The van der Waals surface area contributed by atoms with Gasteiger partial charge in [0.2, 0.25) is 0 Å². The summed E-state index contributed by atoms with van der Waals surface area (Å²) in [5.41, 5.74) is 1.73. The van der Waals surface area contributed by atoms with Crippen LogP contribution >= 0.6 is 0 Å². The molecule has 1 aromatic rings. The maximum atomic E-state index is 9.14. The van der Waals surface area contributed by atoms with Crippen LogP contribution in [0, 0.1) is 0 Å². The molecule has 1 aromatic carbocycles. The molecule has 0 aliphatic carbocycles. The third-order valence-electron chi connectivity index (χ3n) is 3.85. The van der Waals surface area contributed by atoms with E-state index in [-0.39, 0.29) is 0 Å². The average molecular weight is 306 g/mol. The highest BCUT2D eigenvalue weighted by molar-refractivity contribution is 6.58. The van der Waals surface area contributed by atoms with Crippen LogP contribution in [0.3, 0.4) is 0 Å². The van der Waals surface area contributed by atoms with Crippen LogP contribution in [0.4, 0.5) is 0 Å². The van der Waals surface area contributed by atoms with Gasteiger partial charge in [0.15, 0.2) is 0 Å². The summed E-state index contributed by atoms with van der Waals surface area (Å²) < 4.78 is 0. The first kappa shape index (κ1) is 17.4. The zero-order chi connectivity index (χ0) is 15.6. The van der Waals surface area contributed by atoms with Gasteiger partial charge in [-0.25, -0.2) is 0 Å². The second kappa shape index (κ2) is 9.94. The number of nitrogens with one attached hydrogen (secondary N) is 3. The molecule has 0 atom stereocenters. The Morgan fingerprint density at radius 2 is 1.32 bits per heavy atom. The molecule has 0 bridgehead atoms. The van der Waals surface area contributed by atoms with Crippen LogP contribution < -0.4 is 21.4 Å². The second-order valence-corrected chi connectivity index (χ2v) is 5.64. The zero-order valence-electron chi connectivity index (χ0n) is 13.1. The number of nitrogens with zero attached hydrogens (tertiary/aromatic N) is 1. The number of hydrogen-bond donors (Lipinski definition) is 5. The standard InChI is InChI=1S/C15H27BN4O2/c21-16(22)15-3-1-14(2-4-15)13-20-11-9-18-7-5-17-6-8-19-10-12-20/h1-4,17-19,21-22H,5-13H2. The third-order valence-corrected chi connectivity index (χ3v) is 3.85. The molecule has 0 aromatic heterocycles. The molecule has 1 aliphatic heterocycles. The van der Waals surface area contributed by atoms with Crippen molar-refractivity contribution in [1.29, 1.82) is 0 Å². The van der Waals surface area contributed by atoms with E-state index in [2.05, 4.69) is 20.9 Å². The molecule has 6 nitrogen and oxygen atoms in total. The van der Waals surface area contributed by atoms with Gasteiger partial charge in [0.05, 0.1) is 0 Å². The molecular weight excluding hydrogens is 279 g/mol. The summed E-state index contributed by atoms with van der Waals surface area (Å²) in [6.07, 6.45) is 0. The maximum absolute atomic E-state index is 9.14. The van der Waals surface area contributed by atoms with Gasteiger partial charge in [-0.1, -0.05) is 24.3 Å². The van der Waals surface area contributed by atoms with Gasteiger partial charge in [-0.3, -0.25) is 4.90 Å². The summed E-state index contributed by atoms with van der Waals surface area (Å²) in [4.78, 5) is 2.42. The van der Waals surface area contributed by atoms with E-state index in [1.807, 2.05) is 12.1 Å². The summed E-state index contributed by atoms with van der Waals surface area (Å²) in [6.45, 7) is 8.86. The van der Waals surface area contributed by atoms with Gasteiger partial charge < -0.3 is 26.0 Å². The first-order chi connectivity index (χ1) is 10.8. The lowest BCUT2D eigenvalue weighted by molar-refractivity contribution is 0.263. The minimum absolute atomic E-state index is 0.535. The molecule has 122 valence electrons. The fourth-order valence-corrected chi connectivity index (χ4v) is 2.53. The van der Waals surface area contributed by atoms with Crippen molar-refractivity contribution in [2.24, 2.45) is 0 Å². The first-order valence-electron chi connectivity index (χ1n) is 8.05. The highest BCUT2D eigenvalue weighted by Crippen LogP contribution is 2.03. The van der Waals surface area contributed by atoms with E-state index in [9.17, 15) is 0 Å². The van der Waals surface area contributed by atoms with E-state index in [0.717, 1.165) is 58.9 Å². The molecular formula is C15H27BN4O2. The Morgan fingerprint density at radius 1 is 0.818 bits per heavy atom. The quantitative estimate of drug-likeness (QED) is 0.414. The average Bonchev–Trinajstić information content (AvgIpc) is 2.50. The highest BCUT2D eigenvalue weighted by atomic mass is 16.4. The Hall–Kier alpha value is -0.955. The van der Waals surface area contributed by atoms with Crippen molar-refractivity contribution in [1.82, 2.24) is 20.9 Å². The van der Waals surface area contributed by atoms with E-state index in [0.29, 0.717) is 5.46 Å². The SMILES string of the molecule is OB(O)c1ccc(CN2CCNCCNCCNCC2)cc1. The van der Waals surface area contributed by atoms with Crippen LogP contribution in [0.2, 0.25) is 0 Å². The lowest BCUT2D eigenvalue weighted by Crippen LogP contribution is -2.41. The normalized spacial score (nSPS) is 19.2. The molecule has 1 aliphatic rings. The zero-order valence-corrected chi connectivity index (χ0v) is 13.1. The summed E-state index contributed by atoms with van der Waals surface area (Å²) in [7, 11) is -1.39. The Labute approximate surface area is 133 Å². The Morgan fingerprint density at radius 3 is 1.82 bits per heavy atom. The van der Waals surface area contributed by atoms with Gasteiger partial charge in [0, 0.05) is 58.9 Å². The van der Waals surface area contributed by atoms with Crippen molar-refractivity contribution in [2.75, 3.05) is 52.4 Å². The van der Waals surface area contributed by atoms with Gasteiger partial charge in [0.1, 0.15) is 0 Å². The van der Waals surface area contributed by atoms with E-state index in [1.54, 1.807) is 12.1 Å². The van der Waals surface area contributed by atoms with E-state index >= 15 is 0 Å². The molecule has 0 radical (unpaired) electrons. The summed E-state index contributed by atoms with van der Waals surface area (Å²) in [5.74, 6) is 0. The topological polar surface area (TPSA) is 79.8 Å². The van der Waals surface area contributed by atoms with Crippen LogP contribution in [-0.4, -0.2) is 74.4 Å². The minimum Gasteiger partial charge on any atom is -0.423 e. The predicted molar refractivity (Wildman–Crippen MR) is 90.2 cm³/mol. The molecule has 0 saturated carbocycles. The highest BCUT2D eigenvalue weighted by Gasteiger charge is 2.11. The lowest BCUT2D eigenvalue weighted by Gasteiger charge is -2.24. The molecule has 5 N–H and O–H groups in total. The van der Waals surface area contributed by atoms with Crippen LogP contribution in [0.5, 0.6) is 0 Å². The Kier molecular flexibility index (Phi) is 7.86. The lowest BCUT2D eigenvalue weighted by atomic mass is 9.80. The largest absolute Gasteiger partial charge is 0.488 e. The molecule has 7 heteroatoms. The summed E-state index contributed by atoms with van der Waals surface area (Å²) in [6, 6.07) is 7.49. The minimum atomic E-state index is -1.39. The Bertz CT molecular complexity index is 405. The molecule has 1 saturated heterocycles. The van der Waals surface area contributed by atoms with Crippen molar-refractivity contribution in [2.45, 2.75) is 6.54 Å². The van der Waals surface area contributed by atoms with Crippen molar-refractivity contribution in [3.05, 3.63) is 29.8 Å². The summed E-state index contributed by atoms with van der Waals surface area (Å²) in [5, 5.41) is 28.6. The van der Waals surface area contributed by atoms with Gasteiger partial charge in [-0.15, -0.1) is 0 Å². The van der Waals surface area contributed by atoms with Crippen LogP contribution in [0.1, 0.15) is 5.56 Å². The summed E-state index contributed by atoms with van der Waals surface area (Å²) >= 11 is 0. The molecule has 22 heavy (non-hydrogen) atoms. The van der Waals surface area contributed by atoms with Crippen molar-refractivity contribution < 1.29 is 10.0 Å². The van der Waals surface area contributed by atoms with Crippen molar-refractivity contribution in [3.8, 4) is 0 Å². The van der Waals surface area contributed by atoms with Gasteiger partial charge in [0.25, 0.3) is 0 Å². The van der Waals surface area contributed by atoms with E-state index in [4.69, 9.17) is 10.0 Å². The molecule has 0 amide bonds.